The molecule has 0 radical (unpaired) electrons. The topological polar surface area (TPSA) is 72.7 Å². The third-order valence-electron chi connectivity index (χ3n) is 3.33. The Hall–Kier alpha value is -1.66. The Kier molecular flexibility index (Phi) is 4.57. The van der Waals surface area contributed by atoms with Crippen molar-refractivity contribution < 1.29 is 14.5 Å². The Morgan fingerprint density at radius 2 is 2.10 bits per heavy atom. The van der Waals surface area contributed by atoms with E-state index in [4.69, 9.17) is 16.3 Å². The number of nitro benzene ring substituents is 1. The quantitative estimate of drug-likeness (QED) is 0.487. The van der Waals surface area contributed by atoms with Crippen LogP contribution in [-0.4, -0.2) is 42.0 Å². The fraction of sp³-hybridized carbons (Fsp3) is 0.462. The van der Waals surface area contributed by atoms with Crippen molar-refractivity contribution in [2.24, 2.45) is 0 Å². The minimum atomic E-state index is -0.686. The van der Waals surface area contributed by atoms with E-state index in [9.17, 15) is 14.9 Å². The molecule has 1 aliphatic rings. The molecule has 0 amide bonds. The van der Waals surface area contributed by atoms with Crippen molar-refractivity contribution in [1.82, 2.24) is 4.90 Å². The summed E-state index contributed by atoms with van der Waals surface area (Å²) in [6, 6.07) is 4.24. The van der Waals surface area contributed by atoms with E-state index in [-0.39, 0.29) is 16.7 Å². The normalized spacial score (nSPS) is 16.9. The highest BCUT2D eigenvalue weighted by molar-refractivity contribution is 6.33. The Balaban J connectivity index is 2.13. The summed E-state index contributed by atoms with van der Waals surface area (Å²) < 4.78 is 5.34. The van der Waals surface area contributed by atoms with Gasteiger partial charge < -0.3 is 9.64 Å². The lowest BCUT2D eigenvalue weighted by Crippen LogP contribution is -2.35. The molecule has 0 aromatic heterocycles. The molecule has 0 unspecified atom stereocenters. The second kappa shape index (κ2) is 6.19. The highest BCUT2D eigenvalue weighted by Crippen LogP contribution is 2.29. The van der Waals surface area contributed by atoms with Crippen LogP contribution in [0.2, 0.25) is 5.02 Å². The molecule has 6 nitrogen and oxygen atoms in total. The number of para-hydroxylation sites is 1. The lowest BCUT2D eigenvalue weighted by Gasteiger charge is -2.28. The number of carbonyl (C=O) groups is 1. The van der Waals surface area contributed by atoms with Crippen LogP contribution in [0.1, 0.15) is 23.2 Å². The van der Waals surface area contributed by atoms with Gasteiger partial charge in [-0.15, -0.1) is 0 Å². The summed E-state index contributed by atoms with van der Waals surface area (Å²) in [6.45, 7) is 1.69. The number of carbonyl (C=O) groups excluding carboxylic acids is 1. The number of nitro groups is 1. The maximum absolute atomic E-state index is 12.1. The van der Waals surface area contributed by atoms with Gasteiger partial charge in [0.25, 0.3) is 0 Å². The van der Waals surface area contributed by atoms with Gasteiger partial charge in [0.05, 0.1) is 4.92 Å². The lowest BCUT2D eigenvalue weighted by molar-refractivity contribution is -0.385. The molecule has 1 fully saturated rings. The van der Waals surface area contributed by atoms with Gasteiger partial charge in [-0.1, -0.05) is 17.7 Å². The summed E-state index contributed by atoms with van der Waals surface area (Å²) in [5.41, 5.74) is -0.492. The van der Waals surface area contributed by atoms with E-state index >= 15 is 0 Å². The molecule has 1 aromatic carbocycles. The molecule has 0 atom stereocenters. The van der Waals surface area contributed by atoms with Crippen LogP contribution in [0.3, 0.4) is 0 Å². The van der Waals surface area contributed by atoms with Crippen molar-refractivity contribution in [2.45, 2.75) is 18.9 Å². The number of hydrogen-bond acceptors (Lipinski definition) is 5. The SMILES string of the molecule is CN1CCC(OC(=O)c2cccc(Cl)c2[N+](=O)[O-])CC1. The van der Waals surface area contributed by atoms with Gasteiger partial charge in [-0.3, -0.25) is 10.1 Å². The Morgan fingerprint density at radius 3 is 2.70 bits per heavy atom. The molecule has 108 valence electrons. The number of esters is 1. The molecular formula is C13H15ClN2O4. The van der Waals surface area contributed by atoms with Crippen LogP contribution in [0.4, 0.5) is 5.69 Å². The first kappa shape index (κ1) is 14.7. The van der Waals surface area contributed by atoms with E-state index in [2.05, 4.69) is 4.90 Å². The number of rotatable bonds is 3. The summed E-state index contributed by atoms with van der Waals surface area (Å²) in [5, 5.41) is 10.9. The number of benzene rings is 1. The van der Waals surface area contributed by atoms with Crippen molar-refractivity contribution in [1.29, 1.82) is 0 Å². The summed E-state index contributed by atoms with van der Waals surface area (Å²) in [4.78, 5) is 24.5. The predicted octanol–water partition coefficient (Wildman–Crippen LogP) is 2.50. The van der Waals surface area contributed by atoms with Gasteiger partial charge in [-0.05, 0) is 32.0 Å². The third kappa shape index (κ3) is 3.26. The first-order valence-corrected chi connectivity index (χ1v) is 6.69. The Morgan fingerprint density at radius 1 is 1.45 bits per heavy atom. The summed E-state index contributed by atoms with van der Waals surface area (Å²) >= 11 is 5.77. The van der Waals surface area contributed by atoms with E-state index in [0.29, 0.717) is 0 Å². The number of hydrogen-bond donors (Lipinski definition) is 0. The highest BCUT2D eigenvalue weighted by atomic mass is 35.5. The molecule has 1 saturated heterocycles. The van der Waals surface area contributed by atoms with Crippen LogP contribution in [0, 0.1) is 10.1 Å². The number of halogens is 1. The molecule has 0 N–H and O–H groups in total. The van der Waals surface area contributed by atoms with Crippen LogP contribution in [0.15, 0.2) is 18.2 Å². The standard InChI is InChI=1S/C13H15ClN2O4/c1-15-7-5-9(6-8-15)20-13(17)10-3-2-4-11(14)12(10)16(18)19/h2-4,9H,5-8H2,1H3. The minimum Gasteiger partial charge on any atom is -0.458 e. The maximum atomic E-state index is 12.1. The Bertz CT molecular complexity index is 527. The second-order valence-corrected chi connectivity index (χ2v) is 5.21. The monoisotopic (exact) mass is 298 g/mol. The van der Waals surface area contributed by atoms with Crippen molar-refractivity contribution in [2.75, 3.05) is 20.1 Å². The molecular weight excluding hydrogens is 284 g/mol. The highest BCUT2D eigenvalue weighted by Gasteiger charge is 2.27. The first-order chi connectivity index (χ1) is 9.49. The van der Waals surface area contributed by atoms with E-state index in [1.165, 1.54) is 18.2 Å². The maximum Gasteiger partial charge on any atom is 0.345 e. The molecule has 0 bridgehead atoms. The van der Waals surface area contributed by atoms with Crippen molar-refractivity contribution >= 4 is 23.3 Å². The number of nitrogens with zero attached hydrogens (tertiary/aromatic N) is 2. The average Bonchev–Trinajstić information content (AvgIpc) is 2.40. The van der Waals surface area contributed by atoms with Crippen LogP contribution >= 0.6 is 11.6 Å². The zero-order valence-corrected chi connectivity index (χ0v) is 11.8. The predicted molar refractivity (Wildman–Crippen MR) is 74.0 cm³/mol. The second-order valence-electron chi connectivity index (χ2n) is 4.80. The first-order valence-electron chi connectivity index (χ1n) is 6.31. The van der Waals surface area contributed by atoms with Crippen molar-refractivity contribution in [3.63, 3.8) is 0 Å². The largest absolute Gasteiger partial charge is 0.458 e. The van der Waals surface area contributed by atoms with Gasteiger partial charge in [0, 0.05) is 13.1 Å². The van der Waals surface area contributed by atoms with E-state index in [1.54, 1.807) is 0 Å². The lowest BCUT2D eigenvalue weighted by atomic mass is 10.1. The van der Waals surface area contributed by atoms with Gasteiger partial charge in [0.2, 0.25) is 0 Å². The Labute approximate surface area is 121 Å². The van der Waals surface area contributed by atoms with Crippen LogP contribution in [-0.2, 0) is 4.74 Å². The number of piperidine rings is 1. The average molecular weight is 299 g/mol. The molecule has 1 aromatic rings. The third-order valence-corrected chi connectivity index (χ3v) is 3.63. The number of likely N-dealkylation sites (tertiary alicyclic amines) is 1. The van der Waals surface area contributed by atoms with Gasteiger partial charge in [-0.25, -0.2) is 4.79 Å². The zero-order chi connectivity index (χ0) is 14.7. The molecule has 0 spiro atoms. The van der Waals surface area contributed by atoms with Gasteiger partial charge in [0.15, 0.2) is 0 Å². The van der Waals surface area contributed by atoms with E-state index in [0.717, 1.165) is 25.9 Å². The molecule has 0 saturated carbocycles. The molecule has 2 rings (SSSR count). The summed E-state index contributed by atoms with van der Waals surface area (Å²) in [6.07, 6.45) is 1.27. The fourth-order valence-electron chi connectivity index (χ4n) is 2.18. The minimum absolute atomic E-state index is 0.0622. The smallest absolute Gasteiger partial charge is 0.345 e. The van der Waals surface area contributed by atoms with E-state index in [1.807, 2.05) is 7.05 Å². The van der Waals surface area contributed by atoms with E-state index < -0.39 is 16.6 Å². The number of ether oxygens (including phenoxy) is 1. The van der Waals surface area contributed by atoms with Crippen molar-refractivity contribution in [3.8, 4) is 0 Å². The molecule has 1 aliphatic heterocycles. The van der Waals surface area contributed by atoms with Gasteiger partial charge in [0.1, 0.15) is 16.7 Å². The molecule has 0 aliphatic carbocycles. The van der Waals surface area contributed by atoms with Gasteiger partial charge in [-0.2, -0.15) is 0 Å². The molecule has 1 heterocycles. The van der Waals surface area contributed by atoms with Crippen LogP contribution < -0.4 is 0 Å². The van der Waals surface area contributed by atoms with Crippen LogP contribution in [0.5, 0.6) is 0 Å². The summed E-state index contributed by atoms with van der Waals surface area (Å²) in [5.74, 6) is -0.686. The van der Waals surface area contributed by atoms with Crippen molar-refractivity contribution in [3.05, 3.63) is 38.9 Å². The van der Waals surface area contributed by atoms with Gasteiger partial charge >= 0.3 is 11.7 Å². The molecule has 20 heavy (non-hydrogen) atoms. The molecule has 7 heteroatoms. The fourth-order valence-corrected chi connectivity index (χ4v) is 2.43. The summed E-state index contributed by atoms with van der Waals surface area (Å²) in [7, 11) is 2.00. The van der Waals surface area contributed by atoms with Crippen LogP contribution in [0.25, 0.3) is 0 Å². The zero-order valence-electron chi connectivity index (χ0n) is 11.0.